The Morgan fingerprint density at radius 2 is 2.15 bits per heavy atom. The van der Waals surface area contributed by atoms with Gasteiger partial charge < -0.3 is 5.32 Å². The molecule has 1 saturated heterocycles. The quantitative estimate of drug-likeness (QED) is 0.645. The van der Waals surface area contributed by atoms with E-state index < -0.39 is 10.0 Å². The fraction of sp³-hybridized carbons (Fsp3) is 1.00. The lowest BCUT2D eigenvalue weighted by molar-refractivity contribution is 0.428. The Morgan fingerprint density at radius 1 is 1.38 bits per heavy atom. The second-order valence-corrected chi connectivity index (χ2v) is 5.47. The number of nitrogens with one attached hydrogen (secondary N) is 1. The molecule has 0 atom stereocenters. The second-order valence-electron chi connectivity index (χ2n) is 3.38. The van der Waals surface area contributed by atoms with Gasteiger partial charge >= 0.3 is 0 Å². The molecule has 5 heteroatoms. The first-order valence-electron chi connectivity index (χ1n) is 4.79. The SMILES string of the molecule is CNCCCCN1CCCS1(=O)=O. The van der Waals surface area contributed by atoms with Crippen molar-refractivity contribution in [2.45, 2.75) is 19.3 Å². The number of unbranched alkanes of at least 4 members (excludes halogenated alkanes) is 1. The molecule has 0 bridgehead atoms. The summed E-state index contributed by atoms with van der Waals surface area (Å²) in [6.07, 6.45) is 2.80. The zero-order valence-corrected chi connectivity index (χ0v) is 8.94. The van der Waals surface area contributed by atoms with E-state index >= 15 is 0 Å². The van der Waals surface area contributed by atoms with Crippen LogP contribution < -0.4 is 5.32 Å². The molecule has 0 unspecified atom stereocenters. The summed E-state index contributed by atoms with van der Waals surface area (Å²) < 4.78 is 24.3. The van der Waals surface area contributed by atoms with Crippen LogP contribution in [0.3, 0.4) is 0 Å². The van der Waals surface area contributed by atoms with Crippen molar-refractivity contribution in [1.82, 2.24) is 9.62 Å². The van der Waals surface area contributed by atoms with E-state index in [0.717, 1.165) is 32.4 Å². The predicted octanol–water partition coefficient (Wildman–Crippen LogP) is 0.0215. The molecule has 0 aromatic carbocycles. The Balaban J connectivity index is 2.22. The fourth-order valence-electron chi connectivity index (χ4n) is 1.53. The van der Waals surface area contributed by atoms with Crippen molar-refractivity contribution in [2.24, 2.45) is 0 Å². The van der Waals surface area contributed by atoms with Gasteiger partial charge in [-0.25, -0.2) is 12.7 Å². The van der Waals surface area contributed by atoms with Crippen LogP contribution in [0.15, 0.2) is 0 Å². The number of hydrogen-bond donors (Lipinski definition) is 1. The van der Waals surface area contributed by atoms with Crippen molar-refractivity contribution in [2.75, 3.05) is 32.4 Å². The van der Waals surface area contributed by atoms with E-state index in [-0.39, 0.29) is 0 Å². The van der Waals surface area contributed by atoms with E-state index in [1.165, 1.54) is 0 Å². The molecule has 0 aromatic rings. The van der Waals surface area contributed by atoms with Crippen LogP contribution >= 0.6 is 0 Å². The van der Waals surface area contributed by atoms with Crippen molar-refractivity contribution in [3.05, 3.63) is 0 Å². The Labute approximate surface area is 80.4 Å². The monoisotopic (exact) mass is 206 g/mol. The van der Waals surface area contributed by atoms with Gasteiger partial charge in [0.05, 0.1) is 5.75 Å². The molecular formula is C8H18N2O2S. The maximum absolute atomic E-state index is 11.3. The number of nitrogens with zero attached hydrogens (tertiary/aromatic N) is 1. The van der Waals surface area contributed by atoms with Gasteiger partial charge in [-0.15, -0.1) is 0 Å². The van der Waals surface area contributed by atoms with Crippen molar-refractivity contribution < 1.29 is 8.42 Å². The minimum absolute atomic E-state index is 0.346. The highest BCUT2D eigenvalue weighted by molar-refractivity contribution is 7.89. The van der Waals surface area contributed by atoms with Crippen molar-refractivity contribution in [3.63, 3.8) is 0 Å². The van der Waals surface area contributed by atoms with Gasteiger partial charge in [0.1, 0.15) is 0 Å². The van der Waals surface area contributed by atoms with Crippen LogP contribution in [-0.2, 0) is 10.0 Å². The lowest BCUT2D eigenvalue weighted by Crippen LogP contribution is -2.27. The van der Waals surface area contributed by atoms with Gasteiger partial charge in [0.2, 0.25) is 10.0 Å². The van der Waals surface area contributed by atoms with Gasteiger partial charge in [0.25, 0.3) is 0 Å². The van der Waals surface area contributed by atoms with Gasteiger partial charge in [0.15, 0.2) is 0 Å². The van der Waals surface area contributed by atoms with Gasteiger partial charge in [-0.3, -0.25) is 0 Å². The van der Waals surface area contributed by atoms with Crippen LogP contribution in [0.2, 0.25) is 0 Å². The van der Waals surface area contributed by atoms with E-state index in [0.29, 0.717) is 12.3 Å². The minimum atomic E-state index is -2.86. The summed E-state index contributed by atoms with van der Waals surface area (Å²) in [6.45, 7) is 2.39. The summed E-state index contributed by atoms with van der Waals surface area (Å²) >= 11 is 0. The normalized spacial score (nSPS) is 22.2. The number of rotatable bonds is 5. The van der Waals surface area contributed by atoms with Crippen LogP contribution in [0.25, 0.3) is 0 Å². The first kappa shape index (κ1) is 10.9. The molecule has 0 aliphatic carbocycles. The van der Waals surface area contributed by atoms with Crippen molar-refractivity contribution in [3.8, 4) is 0 Å². The Kier molecular flexibility index (Phi) is 4.15. The maximum Gasteiger partial charge on any atom is 0.214 e. The predicted molar refractivity (Wildman–Crippen MR) is 53.1 cm³/mol. The standard InChI is InChI=1S/C8H18N2O2S/c1-9-5-2-3-6-10-7-4-8-13(10,11)12/h9H,2-8H2,1H3. The van der Waals surface area contributed by atoms with Crippen LogP contribution in [0, 0.1) is 0 Å². The van der Waals surface area contributed by atoms with Crippen LogP contribution in [-0.4, -0.2) is 45.2 Å². The first-order chi connectivity index (χ1) is 6.17. The Hall–Kier alpha value is -0.130. The molecule has 0 saturated carbocycles. The fourth-order valence-corrected chi connectivity index (χ4v) is 3.10. The summed E-state index contributed by atoms with van der Waals surface area (Å²) in [7, 11) is -0.952. The molecule has 78 valence electrons. The zero-order valence-electron chi connectivity index (χ0n) is 8.12. The van der Waals surface area contributed by atoms with E-state index in [9.17, 15) is 8.42 Å². The Morgan fingerprint density at radius 3 is 2.69 bits per heavy atom. The molecule has 13 heavy (non-hydrogen) atoms. The van der Waals surface area contributed by atoms with Crippen LogP contribution in [0.5, 0.6) is 0 Å². The van der Waals surface area contributed by atoms with Crippen molar-refractivity contribution >= 4 is 10.0 Å². The maximum atomic E-state index is 11.3. The van der Waals surface area contributed by atoms with Crippen LogP contribution in [0.1, 0.15) is 19.3 Å². The third-order valence-corrected chi connectivity index (χ3v) is 4.24. The van der Waals surface area contributed by atoms with E-state index in [2.05, 4.69) is 5.32 Å². The number of sulfonamides is 1. The second kappa shape index (κ2) is 4.93. The Bertz CT molecular complexity index is 239. The molecule has 1 heterocycles. The van der Waals surface area contributed by atoms with Gasteiger partial charge in [-0.2, -0.15) is 0 Å². The lowest BCUT2D eigenvalue weighted by Gasteiger charge is -2.13. The summed E-state index contributed by atoms with van der Waals surface area (Å²) in [5.74, 6) is 0.346. The molecule has 0 spiro atoms. The molecular weight excluding hydrogens is 188 g/mol. The molecule has 0 aromatic heterocycles. The highest BCUT2D eigenvalue weighted by Crippen LogP contribution is 2.13. The molecule has 0 amide bonds. The molecule has 1 fully saturated rings. The molecule has 1 rings (SSSR count). The van der Waals surface area contributed by atoms with Gasteiger partial charge in [-0.1, -0.05) is 0 Å². The zero-order chi connectivity index (χ0) is 9.73. The average Bonchev–Trinajstić information content (AvgIpc) is 2.40. The largest absolute Gasteiger partial charge is 0.320 e. The van der Waals surface area contributed by atoms with E-state index in [4.69, 9.17) is 0 Å². The summed E-state index contributed by atoms with van der Waals surface area (Å²) in [5, 5.41) is 3.05. The van der Waals surface area contributed by atoms with E-state index in [1.807, 2.05) is 7.05 Å². The smallest absolute Gasteiger partial charge is 0.214 e. The summed E-state index contributed by atoms with van der Waals surface area (Å²) in [6, 6.07) is 0. The third-order valence-electron chi connectivity index (χ3n) is 2.29. The lowest BCUT2D eigenvalue weighted by atomic mass is 10.3. The van der Waals surface area contributed by atoms with Gasteiger partial charge in [-0.05, 0) is 32.9 Å². The molecule has 4 nitrogen and oxygen atoms in total. The van der Waals surface area contributed by atoms with Crippen molar-refractivity contribution in [1.29, 1.82) is 0 Å². The number of hydrogen-bond acceptors (Lipinski definition) is 3. The first-order valence-corrected chi connectivity index (χ1v) is 6.40. The van der Waals surface area contributed by atoms with E-state index in [1.54, 1.807) is 4.31 Å². The molecule has 0 radical (unpaired) electrons. The minimum Gasteiger partial charge on any atom is -0.320 e. The highest BCUT2D eigenvalue weighted by Gasteiger charge is 2.26. The third kappa shape index (κ3) is 3.25. The molecule has 1 N–H and O–H groups in total. The molecule has 1 aliphatic rings. The summed E-state index contributed by atoms with van der Waals surface area (Å²) in [5.41, 5.74) is 0. The van der Waals surface area contributed by atoms with Crippen LogP contribution in [0.4, 0.5) is 0 Å². The topological polar surface area (TPSA) is 49.4 Å². The average molecular weight is 206 g/mol. The summed E-state index contributed by atoms with van der Waals surface area (Å²) in [4.78, 5) is 0. The molecule has 1 aliphatic heterocycles. The van der Waals surface area contributed by atoms with Gasteiger partial charge in [0, 0.05) is 13.1 Å². The highest BCUT2D eigenvalue weighted by atomic mass is 32.2.